The molecule has 1 unspecified atom stereocenters. The van der Waals surface area contributed by atoms with E-state index in [1.807, 2.05) is 0 Å². The molecule has 8 heteroatoms. The summed E-state index contributed by atoms with van der Waals surface area (Å²) in [5.74, 6) is 0.341. The Morgan fingerprint density at radius 1 is 1.33 bits per heavy atom. The minimum atomic E-state index is -3.64. The van der Waals surface area contributed by atoms with Crippen molar-refractivity contribution in [3.8, 4) is 0 Å². The molecule has 0 bridgehead atoms. The number of rotatable bonds is 5. The summed E-state index contributed by atoms with van der Waals surface area (Å²) >= 11 is 17.8. The van der Waals surface area contributed by atoms with Crippen LogP contribution in [-0.4, -0.2) is 39.5 Å². The largest absolute Gasteiger partial charge is 0.384 e. The Morgan fingerprint density at radius 3 is 2.67 bits per heavy atom. The molecule has 0 radical (unpaired) electrons. The van der Waals surface area contributed by atoms with Crippen molar-refractivity contribution < 1.29 is 13.2 Å². The zero-order valence-corrected chi connectivity index (χ0v) is 14.6. The number of methoxy groups -OCH3 is 1. The predicted octanol–water partition coefficient (Wildman–Crippen LogP) is 3.39. The molecule has 1 saturated heterocycles. The van der Waals surface area contributed by atoms with Crippen LogP contribution < -0.4 is 0 Å². The molecule has 0 spiro atoms. The average Bonchev–Trinajstić information content (AvgIpc) is 2.88. The Labute approximate surface area is 140 Å². The number of hydrogen-bond donors (Lipinski definition) is 0. The molecule has 0 aromatic heterocycles. The van der Waals surface area contributed by atoms with Crippen molar-refractivity contribution in [1.29, 1.82) is 0 Å². The van der Waals surface area contributed by atoms with Gasteiger partial charge in [0, 0.05) is 31.1 Å². The van der Waals surface area contributed by atoms with Crippen LogP contribution in [0.3, 0.4) is 0 Å². The number of hydrogen-bond acceptors (Lipinski definition) is 3. The van der Waals surface area contributed by atoms with Gasteiger partial charge in [0.15, 0.2) is 0 Å². The fraction of sp³-hybridized carbons (Fsp3) is 0.538. The summed E-state index contributed by atoms with van der Waals surface area (Å²) in [5.41, 5.74) is 0.550. The van der Waals surface area contributed by atoms with Crippen molar-refractivity contribution in [3.63, 3.8) is 0 Å². The van der Waals surface area contributed by atoms with E-state index in [2.05, 4.69) is 0 Å². The first-order valence-electron chi connectivity index (χ1n) is 6.43. The van der Waals surface area contributed by atoms with Gasteiger partial charge in [0.2, 0.25) is 10.0 Å². The van der Waals surface area contributed by atoms with Crippen LogP contribution in [0, 0.1) is 5.92 Å². The van der Waals surface area contributed by atoms with Crippen molar-refractivity contribution in [1.82, 2.24) is 4.31 Å². The number of halogens is 3. The van der Waals surface area contributed by atoms with E-state index < -0.39 is 10.0 Å². The van der Waals surface area contributed by atoms with Crippen LogP contribution in [0.25, 0.3) is 0 Å². The van der Waals surface area contributed by atoms with Gasteiger partial charge in [0.1, 0.15) is 4.90 Å². The van der Waals surface area contributed by atoms with E-state index in [1.165, 1.54) is 16.4 Å². The highest BCUT2D eigenvalue weighted by atomic mass is 35.5. The Kier molecular flexibility index (Phi) is 5.79. The summed E-state index contributed by atoms with van der Waals surface area (Å²) in [6.07, 6.45) is 0.778. The monoisotopic (exact) mass is 371 g/mol. The predicted molar refractivity (Wildman–Crippen MR) is 84.8 cm³/mol. The van der Waals surface area contributed by atoms with Crippen molar-refractivity contribution in [2.75, 3.05) is 26.8 Å². The van der Waals surface area contributed by atoms with Crippen LogP contribution in [0.4, 0.5) is 0 Å². The molecule has 0 amide bonds. The second kappa shape index (κ2) is 7.02. The maximum Gasteiger partial charge on any atom is 0.244 e. The third-order valence-electron chi connectivity index (χ3n) is 3.51. The first-order chi connectivity index (χ1) is 9.90. The van der Waals surface area contributed by atoms with Gasteiger partial charge in [-0.1, -0.05) is 23.2 Å². The molecule has 4 nitrogen and oxygen atoms in total. The third kappa shape index (κ3) is 3.66. The average molecular weight is 373 g/mol. The molecule has 1 aliphatic rings. The normalized spacial score (nSPS) is 20.1. The summed E-state index contributed by atoms with van der Waals surface area (Å²) in [5, 5.41) is 0.483. The highest BCUT2D eigenvalue weighted by molar-refractivity contribution is 7.89. The van der Waals surface area contributed by atoms with Gasteiger partial charge >= 0.3 is 0 Å². The topological polar surface area (TPSA) is 46.6 Å². The summed E-state index contributed by atoms with van der Waals surface area (Å²) in [6, 6.07) is 2.88. The zero-order chi connectivity index (χ0) is 15.6. The maximum atomic E-state index is 12.7. The minimum absolute atomic E-state index is 0.0577. The van der Waals surface area contributed by atoms with Gasteiger partial charge in [-0.05, 0) is 30.0 Å². The van der Waals surface area contributed by atoms with Gasteiger partial charge in [-0.2, -0.15) is 4.31 Å². The van der Waals surface area contributed by atoms with Gasteiger partial charge in [-0.25, -0.2) is 8.42 Å². The van der Waals surface area contributed by atoms with Gasteiger partial charge in [-0.3, -0.25) is 0 Å². The summed E-state index contributed by atoms with van der Waals surface area (Å²) < 4.78 is 31.9. The van der Waals surface area contributed by atoms with Crippen molar-refractivity contribution in [3.05, 3.63) is 27.7 Å². The number of ether oxygens (including phenoxy) is 1. The van der Waals surface area contributed by atoms with Crippen LogP contribution in [0.1, 0.15) is 12.0 Å². The highest BCUT2D eigenvalue weighted by Crippen LogP contribution is 2.33. The molecule has 0 saturated carbocycles. The fourth-order valence-corrected chi connectivity index (χ4v) is 5.06. The van der Waals surface area contributed by atoms with Crippen LogP contribution in [-0.2, 0) is 20.6 Å². The van der Waals surface area contributed by atoms with Gasteiger partial charge in [0.05, 0.1) is 11.6 Å². The Bertz CT molecular complexity index is 621. The molecule has 1 aromatic carbocycles. The fourth-order valence-electron chi connectivity index (χ4n) is 2.40. The van der Waals surface area contributed by atoms with Gasteiger partial charge in [-0.15, -0.1) is 11.6 Å². The van der Waals surface area contributed by atoms with Crippen LogP contribution in [0.15, 0.2) is 17.0 Å². The Morgan fingerprint density at radius 2 is 2.05 bits per heavy atom. The molecule has 1 atom stereocenters. The SMILES string of the molecule is COCC1CCN(S(=O)(=O)c2cc(CCl)c(Cl)cc2Cl)C1. The van der Waals surface area contributed by atoms with Gasteiger partial charge < -0.3 is 4.74 Å². The van der Waals surface area contributed by atoms with Gasteiger partial charge in [0.25, 0.3) is 0 Å². The number of nitrogens with zero attached hydrogens (tertiary/aromatic N) is 1. The number of sulfonamides is 1. The third-order valence-corrected chi connectivity index (χ3v) is 6.48. The summed E-state index contributed by atoms with van der Waals surface area (Å²) in [4.78, 5) is 0.0577. The molecule has 21 heavy (non-hydrogen) atoms. The molecule has 1 aliphatic heterocycles. The lowest BCUT2D eigenvalue weighted by Gasteiger charge is -2.18. The molecule has 1 heterocycles. The molecule has 0 N–H and O–H groups in total. The Balaban J connectivity index is 2.32. The first-order valence-corrected chi connectivity index (χ1v) is 9.16. The van der Waals surface area contributed by atoms with E-state index in [9.17, 15) is 8.42 Å². The van der Waals surface area contributed by atoms with Crippen molar-refractivity contribution in [2.24, 2.45) is 5.92 Å². The van der Waals surface area contributed by atoms with Crippen molar-refractivity contribution in [2.45, 2.75) is 17.2 Å². The van der Waals surface area contributed by atoms with E-state index in [4.69, 9.17) is 39.5 Å². The highest BCUT2D eigenvalue weighted by Gasteiger charge is 2.34. The maximum absolute atomic E-state index is 12.7. The van der Waals surface area contributed by atoms with Crippen LogP contribution in [0.5, 0.6) is 0 Å². The van der Waals surface area contributed by atoms with Crippen LogP contribution >= 0.6 is 34.8 Å². The minimum Gasteiger partial charge on any atom is -0.384 e. The molecule has 1 fully saturated rings. The zero-order valence-electron chi connectivity index (χ0n) is 11.5. The van der Waals surface area contributed by atoms with E-state index >= 15 is 0 Å². The first kappa shape index (κ1) is 17.3. The smallest absolute Gasteiger partial charge is 0.244 e. The lowest BCUT2D eigenvalue weighted by molar-refractivity contribution is 0.157. The molecule has 118 valence electrons. The molecular weight excluding hydrogens is 357 g/mol. The Hall–Kier alpha value is -0.0400. The van der Waals surface area contributed by atoms with E-state index in [-0.39, 0.29) is 21.7 Å². The number of benzene rings is 1. The standard InChI is InChI=1S/C13H16Cl3NO3S/c1-20-8-9-2-3-17(7-9)21(18,19)13-4-10(6-14)11(15)5-12(13)16/h4-5,9H,2-3,6-8H2,1H3. The second-order valence-corrected chi connectivity index (χ2v) is 7.97. The molecule has 2 rings (SSSR count). The number of alkyl halides is 1. The summed E-state index contributed by atoms with van der Waals surface area (Å²) in [6.45, 7) is 1.45. The quantitative estimate of drug-likeness (QED) is 0.744. The molecule has 0 aliphatic carbocycles. The van der Waals surface area contributed by atoms with Crippen LogP contribution in [0.2, 0.25) is 10.0 Å². The lowest BCUT2D eigenvalue weighted by atomic mass is 10.1. The molecular formula is C13H16Cl3NO3S. The van der Waals surface area contributed by atoms with E-state index in [0.29, 0.717) is 30.3 Å². The molecule has 1 aromatic rings. The van der Waals surface area contributed by atoms with E-state index in [0.717, 1.165) is 6.42 Å². The lowest BCUT2D eigenvalue weighted by Crippen LogP contribution is -2.29. The van der Waals surface area contributed by atoms with Crippen molar-refractivity contribution >= 4 is 44.8 Å². The van der Waals surface area contributed by atoms with E-state index in [1.54, 1.807) is 7.11 Å². The second-order valence-electron chi connectivity index (χ2n) is 4.98. The summed E-state index contributed by atoms with van der Waals surface area (Å²) in [7, 11) is -2.03.